The third-order valence-electron chi connectivity index (χ3n) is 2.61. The maximum absolute atomic E-state index is 12.1. The van der Waals surface area contributed by atoms with Gasteiger partial charge in [-0.15, -0.1) is 0 Å². The van der Waals surface area contributed by atoms with Gasteiger partial charge in [0.05, 0.1) is 19.8 Å². The van der Waals surface area contributed by atoms with Gasteiger partial charge in [-0.2, -0.15) is 0 Å². The summed E-state index contributed by atoms with van der Waals surface area (Å²) in [6, 6.07) is 4.37. The van der Waals surface area contributed by atoms with Crippen LogP contribution in [0, 0.1) is 0 Å². The molecule has 1 aromatic carbocycles. The van der Waals surface area contributed by atoms with Gasteiger partial charge in [-0.3, -0.25) is 0 Å². The lowest BCUT2D eigenvalue weighted by Crippen LogP contribution is -2.29. The van der Waals surface area contributed by atoms with E-state index in [-0.39, 0.29) is 30.2 Å². The SMILES string of the molecule is COCC(O)CCNS(=O)(=O)c1cc(N)ccc1OC. The lowest BCUT2D eigenvalue weighted by atomic mass is 10.3. The van der Waals surface area contributed by atoms with Crippen molar-refractivity contribution in [1.29, 1.82) is 0 Å². The fourth-order valence-electron chi connectivity index (χ4n) is 1.62. The molecule has 1 atom stereocenters. The molecule has 0 aliphatic heterocycles. The second-order valence-corrected chi connectivity index (χ2v) is 5.94. The van der Waals surface area contributed by atoms with Crippen molar-refractivity contribution in [2.75, 3.05) is 33.1 Å². The molecule has 0 saturated heterocycles. The highest BCUT2D eigenvalue weighted by Gasteiger charge is 2.19. The molecule has 0 aromatic heterocycles. The van der Waals surface area contributed by atoms with Crippen molar-refractivity contribution in [1.82, 2.24) is 4.72 Å². The summed E-state index contributed by atoms with van der Waals surface area (Å²) in [5.41, 5.74) is 5.92. The molecule has 0 heterocycles. The van der Waals surface area contributed by atoms with Crippen LogP contribution in [0.25, 0.3) is 0 Å². The van der Waals surface area contributed by atoms with Crippen molar-refractivity contribution in [3.05, 3.63) is 18.2 Å². The molecule has 0 aliphatic rings. The van der Waals surface area contributed by atoms with Crippen LogP contribution in [0.3, 0.4) is 0 Å². The number of hydrogen-bond acceptors (Lipinski definition) is 6. The summed E-state index contributed by atoms with van der Waals surface area (Å²) in [5.74, 6) is 0.212. The maximum atomic E-state index is 12.1. The van der Waals surface area contributed by atoms with Gasteiger partial charge in [-0.25, -0.2) is 13.1 Å². The number of nitrogens with one attached hydrogen (secondary N) is 1. The van der Waals surface area contributed by atoms with Crippen LogP contribution >= 0.6 is 0 Å². The average molecular weight is 304 g/mol. The van der Waals surface area contributed by atoms with Gasteiger partial charge in [0, 0.05) is 19.3 Å². The standard InChI is InChI=1S/C12H20N2O5S/c1-18-8-10(15)5-6-14-20(16,17)12-7-9(13)3-4-11(12)19-2/h3-4,7,10,14-15H,5-6,8,13H2,1-2H3. The van der Waals surface area contributed by atoms with Crippen molar-refractivity contribution >= 4 is 15.7 Å². The van der Waals surface area contributed by atoms with Gasteiger partial charge in [0.2, 0.25) is 10.0 Å². The highest BCUT2D eigenvalue weighted by atomic mass is 32.2. The lowest BCUT2D eigenvalue weighted by Gasteiger charge is -2.13. The Balaban J connectivity index is 2.76. The van der Waals surface area contributed by atoms with Gasteiger partial charge >= 0.3 is 0 Å². The largest absolute Gasteiger partial charge is 0.495 e. The Labute approximate surface area is 118 Å². The average Bonchev–Trinajstić information content (AvgIpc) is 2.38. The predicted octanol–water partition coefficient (Wildman–Crippen LogP) is -0.0469. The van der Waals surface area contributed by atoms with E-state index in [0.29, 0.717) is 5.69 Å². The molecule has 1 rings (SSSR count). The number of rotatable bonds is 8. The zero-order valence-corrected chi connectivity index (χ0v) is 12.3. The molecule has 0 aliphatic carbocycles. The molecule has 1 aromatic rings. The van der Waals surface area contributed by atoms with Crippen LogP contribution in [0.1, 0.15) is 6.42 Å². The maximum Gasteiger partial charge on any atom is 0.244 e. The van der Waals surface area contributed by atoms with Gasteiger partial charge in [-0.1, -0.05) is 0 Å². The number of aliphatic hydroxyl groups is 1. The fourth-order valence-corrected chi connectivity index (χ4v) is 2.87. The van der Waals surface area contributed by atoms with Crippen LogP contribution in [0.2, 0.25) is 0 Å². The molecule has 0 bridgehead atoms. The van der Waals surface area contributed by atoms with E-state index in [9.17, 15) is 13.5 Å². The Kier molecular flexibility index (Phi) is 6.21. The Hall–Kier alpha value is -1.35. The third-order valence-corrected chi connectivity index (χ3v) is 4.09. The first-order valence-electron chi connectivity index (χ1n) is 6.01. The highest BCUT2D eigenvalue weighted by Crippen LogP contribution is 2.25. The summed E-state index contributed by atoms with van der Waals surface area (Å²) in [5, 5.41) is 9.46. The minimum Gasteiger partial charge on any atom is -0.495 e. The molecule has 7 nitrogen and oxygen atoms in total. The molecular weight excluding hydrogens is 284 g/mol. The molecule has 114 valence electrons. The molecule has 0 spiro atoms. The Morgan fingerprint density at radius 1 is 1.40 bits per heavy atom. The number of methoxy groups -OCH3 is 2. The quantitative estimate of drug-likeness (QED) is 0.581. The Morgan fingerprint density at radius 3 is 2.70 bits per heavy atom. The third kappa shape index (κ3) is 4.64. The van der Waals surface area contributed by atoms with E-state index in [1.165, 1.54) is 26.4 Å². The Morgan fingerprint density at radius 2 is 2.10 bits per heavy atom. The van der Waals surface area contributed by atoms with E-state index >= 15 is 0 Å². The van der Waals surface area contributed by atoms with E-state index < -0.39 is 16.1 Å². The molecule has 4 N–H and O–H groups in total. The summed E-state index contributed by atoms with van der Waals surface area (Å²) >= 11 is 0. The minimum atomic E-state index is -3.74. The summed E-state index contributed by atoms with van der Waals surface area (Å²) in [6.45, 7) is 0.244. The summed E-state index contributed by atoms with van der Waals surface area (Å²) < 4.78 is 36.4. The van der Waals surface area contributed by atoms with Crippen molar-refractivity contribution < 1.29 is 23.0 Å². The highest BCUT2D eigenvalue weighted by molar-refractivity contribution is 7.89. The van der Waals surface area contributed by atoms with Gasteiger partial charge in [0.1, 0.15) is 10.6 Å². The van der Waals surface area contributed by atoms with Crippen LogP contribution in [0.5, 0.6) is 5.75 Å². The first-order valence-corrected chi connectivity index (χ1v) is 7.49. The van der Waals surface area contributed by atoms with Crippen molar-refractivity contribution in [2.24, 2.45) is 0 Å². The van der Waals surface area contributed by atoms with Gasteiger partial charge in [0.15, 0.2) is 0 Å². The van der Waals surface area contributed by atoms with E-state index in [1.807, 2.05) is 0 Å². The lowest BCUT2D eigenvalue weighted by molar-refractivity contribution is 0.0603. The number of benzene rings is 1. The van der Waals surface area contributed by atoms with E-state index in [0.717, 1.165) is 0 Å². The number of aliphatic hydroxyl groups excluding tert-OH is 1. The number of hydrogen-bond donors (Lipinski definition) is 3. The predicted molar refractivity (Wildman–Crippen MR) is 75.1 cm³/mol. The zero-order chi connectivity index (χ0) is 15.2. The van der Waals surface area contributed by atoms with E-state index in [1.54, 1.807) is 6.07 Å². The smallest absolute Gasteiger partial charge is 0.244 e. The molecule has 0 radical (unpaired) electrons. The van der Waals surface area contributed by atoms with E-state index in [2.05, 4.69) is 4.72 Å². The van der Waals surface area contributed by atoms with Crippen LogP contribution in [-0.2, 0) is 14.8 Å². The molecule has 20 heavy (non-hydrogen) atoms. The summed E-state index contributed by atoms with van der Waals surface area (Å²) in [6.07, 6.45) is -0.469. The normalized spacial score (nSPS) is 13.2. The second-order valence-electron chi connectivity index (χ2n) is 4.21. The summed E-state index contributed by atoms with van der Waals surface area (Å²) in [7, 11) is -0.898. The second kappa shape index (κ2) is 7.44. The van der Waals surface area contributed by atoms with Gasteiger partial charge < -0.3 is 20.3 Å². The summed E-state index contributed by atoms with van der Waals surface area (Å²) in [4.78, 5) is -0.0266. The Bertz CT molecular complexity index is 533. The molecular formula is C12H20N2O5S. The first-order chi connectivity index (χ1) is 9.40. The zero-order valence-electron chi connectivity index (χ0n) is 11.5. The molecule has 1 unspecified atom stereocenters. The molecule has 8 heteroatoms. The number of nitrogen functional groups attached to an aromatic ring is 1. The minimum absolute atomic E-state index is 0.0266. The van der Waals surface area contributed by atoms with Gasteiger partial charge in [0.25, 0.3) is 0 Å². The number of sulfonamides is 1. The van der Waals surface area contributed by atoms with Crippen LogP contribution in [0.4, 0.5) is 5.69 Å². The molecule has 0 fully saturated rings. The van der Waals surface area contributed by atoms with Crippen LogP contribution in [0.15, 0.2) is 23.1 Å². The molecule has 0 amide bonds. The van der Waals surface area contributed by atoms with Crippen LogP contribution < -0.4 is 15.2 Å². The number of ether oxygens (including phenoxy) is 2. The number of anilines is 1. The monoisotopic (exact) mass is 304 g/mol. The van der Waals surface area contributed by atoms with Crippen molar-refractivity contribution in [3.8, 4) is 5.75 Å². The van der Waals surface area contributed by atoms with Gasteiger partial charge in [-0.05, 0) is 24.6 Å². The van der Waals surface area contributed by atoms with E-state index in [4.69, 9.17) is 15.2 Å². The molecule has 0 saturated carbocycles. The first kappa shape index (κ1) is 16.7. The fraction of sp³-hybridized carbons (Fsp3) is 0.500. The number of nitrogens with two attached hydrogens (primary N) is 1. The van der Waals surface area contributed by atoms with Crippen molar-refractivity contribution in [2.45, 2.75) is 17.4 Å². The van der Waals surface area contributed by atoms with Crippen molar-refractivity contribution in [3.63, 3.8) is 0 Å². The topological polar surface area (TPSA) is 111 Å². The van der Waals surface area contributed by atoms with Crippen LogP contribution in [-0.4, -0.2) is 47.0 Å².